The van der Waals surface area contributed by atoms with Crippen molar-refractivity contribution in [3.8, 4) is 0 Å². The van der Waals surface area contributed by atoms with Gasteiger partial charge in [0, 0.05) is 19.3 Å². The molecule has 5 heteroatoms. The van der Waals surface area contributed by atoms with E-state index in [1.165, 1.54) is 12.8 Å². The Labute approximate surface area is 106 Å². The highest BCUT2D eigenvalue weighted by Crippen LogP contribution is 2.31. The summed E-state index contributed by atoms with van der Waals surface area (Å²) in [7, 11) is 0. The first-order valence-electron chi connectivity index (χ1n) is 6.53. The molecule has 0 bridgehead atoms. The van der Waals surface area contributed by atoms with Gasteiger partial charge >= 0.3 is 0 Å². The summed E-state index contributed by atoms with van der Waals surface area (Å²) < 4.78 is 1.76. The third-order valence-corrected chi connectivity index (χ3v) is 3.81. The first-order valence-corrected chi connectivity index (χ1v) is 6.53. The number of rotatable bonds is 4. The Balaban J connectivity index is 1.66. The maximum Gasteiger partial charge on any atom is 0.243 e. The molecule has 2 atom stereocenters. The lowest BCUT2D eigenvalue weighted by Crippen LogP contribution is -2.21. The Bertz CT molecular complexity index is 491. The van der Waals surface area contributed by atoms with Crippen LogP contribution in [-0.2, 0) is 0 Å². The van der Waals surface area contributed by atoms with Gasteiger partial charge in [-0.25, -0.2) is 4.52 Å². The van der Waals surface area contributed by atoms with Crippen LogP contribution in [0.1, 0.15) is 19.3 Å². The molecule has 2 unspecified atom stereocenters. The molecule has 1 saturated carbocycles. The molecule has 2 heterocycles. The van der Waals surface area contributed by atoms with Crippen molar-refractivity contribution >= 4 is 11.6 Å². The first-order chi connectivity index (χ1) is 8.86. The number of aromatic nitrogens is 3. The van der Waals surface area contributed by atoms with Crippen LogP contribution in [0.25, 0.3) is 5.65 Å². The molecule has 0 aromatic carbocycles. The molecule has 2 aromatic rings. The molecule has 2 aromatic heterocycles. The second kappa shape index (κ2) is 4.94. The summed E-state index contributed by atoms with van der Waals surface area (Å²) >= 11 is 0. The van der Waals surface area contributed by atoms with Gasteiger partial charge in [0.1, 0.15) is 0 Å². The molecule has 0 amide bonds. The number of anilines is 1. The van der Waals surface area contributed by atoms with Crippen LogP contribution in [0.15, 0.2) is 24.4 Å². The number of hydrogen-bond acceptors (Lipinski definition) is 4. The van der Waals surface area contributed by atoms with E-state index in [-0.39, 0.29) is 0 Å². The van der Waals surface area contributed by atoms with Crippen molar-refractivity contribution in [3.63, 3.8) is 0 Å². The Morgan fingerprint density at radius 2 is 2.22 bits per heavy atom. The van der Waals surface area contributed by atoms with E-state index in [4.69, 9.17) is 0 Å². The second-order valence-corrected chi connectivity index (χ2v) is 4.95. The highest BCUT2D eigenvalue weighted by Gasteiger charge is 2.26. The predicted molar refractivity (Wildman–Crippen MR) is 69.4 cm³/mol. The fraction of sp³-hybridized carbons (Fsp3) is 0.538. The second-order valence-electron chi connectivity index (χ2n) is 4.95. The van der Waals surface area contributed by atoms with Crippen molar-refractivity contribution in [2.45, 2.75) is 19.3 Å². The average Bonchev–Trinajstić information content (AvgIpc) is 3.01. The lowest BCUT2D eigenvalue weighted by molar-refractivity contribution is 0.199. The van der Waals surface area contributed by atoms with Crippen LogP contribution in [0.2, 0.25) is 0 Å². The molecular formula is C13H18N4O. The molecule has 1 aliphatic rings. The Hall–Kier alpha value is -1.62. The molecule has 1 fully saturated rings. The van der Waals surface area contributed by atoms with Crippen LogP contribution < -0.4 is 5.32 Å². The molecule has 96 valence electrons. The van der Waals surface area contributed by atoms with E-state index in [9.17, 15) is 5.11 Å². The smallest absolute Gasteiger partial charge is 0.243 e. The van der Waals surface area contributed by atoms with Crippen molar-refractivity contribution in [1.29, 1.82) is 0 Å². The van der Waals surface area contributed by atoms with E-state index in [1.807, 2.05) is 24.4 Å². The summed E-state index contributed by atoms with van der Waals surface area (Å²) in [5, 5.41) is 16.9. The molecule has 5 nitrogen and oxygen atoms in total. The van der Waals surface area contributed by atoms with Gasteiger partial charge in [-0.3, -0.25) is 0 Å². The molecule has 0 saturated heterocycles. The van der Waals surface area contributed by atoms with E-state index in [1.54, 1.807) is 4.52 Å². The predicted octanol–water partition coefficient (Wildman–Crippen LogP) is 1.55. The van der Waals surface area contributed by atoms with E-state index >= 15 is 0 Å². The summed E-state index contributed by atoms with van der Waals surface area (Å²) in [5.74, 6) is 1.65. The number of nitrogens with one attached hydrogen (secondary N) is 1. The molecule has 3 rings (SSSR count). The van der Waals surface area contributed by atoms with Crippen LogP contribution >= 0.6 is 0 Å². The van der Waals surface area contributed by atoms with Crippen LogP contribution in [0.3, 0.4) is 0 Å². The minimum absolute atomic E-state index is 0.297. The summed E-state index contributed by atoms with van der Waals surface area (Å²) in [6.45, 7) is 1.15. The third kappa shape index (κ3) is 2.18. The van der Waals surface area contributed by atoms with Gasteiger partial charge in [-0.1, -0.05) is 12.5 Å². The molecular weight excluding hydrogens is 228 g/mol. The Kier molecular flexibility index (Phi) is 3.15. The number of aliphatic hydroxyl groups excluding tert-OH is 1. The molecule has 18 heavy (non-hydrogen) atoms. The maximum absolute atomic E-state index is 9.28. The van der Waals surface area contributed by atoms with Crippen molar-refractivity contribution in [2.75, 3.05) is 18.5 Å². The monoisotopic (exact) mass is 246 g/mol. The topological polar surface area (TPSA) is 62.5 Å². The lowest BCUT2D eigenvalue weighted by Gasteiger charge is -2.16. The van der Waals surface area contributed by atoms with Gasteiger partial charge in [-0.05, 0) is 36.8 Å². The zero-order valence-electron chi connectivity index (χ0n) is 10.3. The summed E-state index contributed by atoms with van der Waals surface area (Å²) in [6, 6.07) is 5.82. The van der Waals surface area contributed by atoms with Crippen LogP contribution in [0.5, 0.6) is 0 Å². The quantitative estimate of drug-likeness (QED) is 0.859. The summed E-state index contributed by atoms with van der Waals surface area (Å²) in [4.78, 5) is 4.40. The van der Waals surface area contributed by atoms with E-state index in [0.29, 0.717) is 24.4 Å². The van der Waals surface area contributed by atoms with Gasteiger partial charge in [-0.2, -0.15) is 4.98 Å². The van der Waals surface area contributed by atoms with Gasteiger partial charge in [-0.15, -0.1) is 5.10 Å². The van der Waals surface area contributed by atoms with E-state index in [2.05, 4.69) is 15.4 Å². The fourth-order valence-corrected chi connectivity index (χ4v) is 2.75. The molecule has 1 aliphatic carbocycles. The normalized spacial score (nSPS) is 23.6. The number of fused-ring (bicyclic) bond motifs is 1. The van der Waals surface area contributed by atoms with Crippen molar-refractivity contribution in [1.82, 2.24) is 14.6 Å². The molecule has 0 aliphatic heterocycles. The molecule has 0 radical (unpaired) electrons. The average molecular weight is 246 g/mol. The number of aliphatic hydroxyl groups is 1. The first kappa shape index (κ1) is 11.5. The van der Waals surface area contributed by atoms with Gasteiger partial charge < -0.3 is 10.4 Å². The van der Waals surface area contributed by atoms with Gasteiger partial charge in [0.15, 0.2) is 5.65 Å². The van der Waals surface area contributed by atoms with E-state index < -0.39 is 0 Å². The van der Waals surface area contributed by atoms with Gasteiger partial charge in [0.05, 0.1) is 0 Å². The standard InChI is InChI=1S/C13H18N4O/c18-9-11-5-3-4-10(11)8-14-13-15-12-6-1-2-7-17(12)16-13/h1-2,6-7,10-11,18H,3-5,8-9H2,(H,14,16). The number of hydrogen-bond donors (Lipinski definition) is 2. The summed E-state index contributed by atoms with van der Waals surface area (Å²) in [5.41, 5.74) is 0.852. The molecule has 0 spiro atoms. The largest absolute Gasteiger partial charge is 0.396 e. The highest BCUT2D eigenvalue weighted by atomic mass is 16.3. The number of nitrogens with zero attached hydrogens (tertiary/aromatic N) is 3. The minimum atomic E-state index is 0.297. The van der Waals surface area contributed by atoms with E-state index in [0.717, 1.165) is 18.6 Å². The molecule has 2 N–H and O–H groups in total. The van der Waals surface area contributed by atoms with Crippen molar-refractivity contribution < 1.29 is 5.11 Å². The van der Waals surface area contributed by atoms with Gasteiger partial charge in [0.2, 0.25) is 5.95 Å². The fourth-order valence-electron chi connectivity index (χ4n) is 2.75. The number of pyridine rings is 1. The maximum atomic E-state index is 9.28. The van der Waals surface area contributed by atoms with Crippen molar-refractivity contribution in [2.24, 2.45) is 11.8 Å². The zero-order chi connectivity index (χ0) is 12.4. The van der Waals surface area contributed by atoms with Crippen LogP contribution in [0, 0.1) is 11.8 Å². The SMILES string of the molecule is OCC1CCCC1CNc1nc2ccccn2n1. The highest BCUT2D eigenvalue weighted by molar-refractivity contribution is 5.42. The third-order valence-electron chi connectivity index (χ3n) is 3.81. The zero-order valence-corrected chi connectivity index (χ0v) is 10.3. The lowest BCUT2D eigenvalue weighted by atomic mass is 9.97. The Morgan fingerprint density at radius 1 is 1.33 bits per heavy atom. The summed E-state index contributed by atoms with van der Waals surface area (Å²) in [6.07, 6.45) is 5.43. The van der Waals surface area contributed by atoms with Gasteiger partial charge in [0.25, 0.3) is 0 Å². The van der Waals surface area contributed by atoms with Crippen LogP contribution in [-0.4, -0.2) is 32.9 Å². The van der Waals surface area contributed by atoms with Crippen LogP contribution in [0.4, 0.5) is 5.95 Å². The minimum Gasteiger partial charge on any atom is -0.396 e. The Morgan fingerprint density at radius 3 is 3.06 bits per heavy atom. The van der Waals surface area contributed by atoms with Crippen molar-refractivity contribution in [3.05, 3.63) is 24.4 Å².